The number of hydrogen-bond acceptors (Lipinski definition) is 4. The topological polar surface area (TPSA) is 56.6 Å². The number of benzene rings is 1. The van der Waals surface area contributed by atoms with E-state index in [1.165, 1.54) is 0 Å². The zero-order chi connectivity index (χ0) is 15.5. The van der Waals surface area contributed by atoms with Crippen molar-refractivity contribution in [2.45, 2.75) is 19.1 Å². The van der Waals surface area contributed by atoms with E-state index in [1.807, 2.05) is 31.2 Å². The molecule has 0 aliphatic carbocycles. The average molecular weight is 301 g/mol. The number of hydrogen-bond donors (Lipinski definition) is 0. The predicted molar refractivity (Wildman–Crippen MR) is 80.9 cm³/mol. The summed E-state index contributed by atoms with van der Waals surface area (Å²) in [5, 5.41) is 4.11. The fraction of sp³-hybridized carbons (Fsp3) is 0.375. The van der Waals surface area contributed by atoms with Gasteiger partial charge in [-0.15, -0.1) is 0 Å². The van der Waals surface area contributed by atoms with E-state index in [1.54, 1.807) is 35.1 Å². The third-order valence-corrected chi connectivity index (χ3v) is 3.70. The van der Waals surface area contributed by atoms with Gasteiger partial charge < -0.3 is 14.4 Å². The number of rotatable bonds is 4. The molecule has 6 nitrogen and oxygen atoms in total. The van der Waals surface area contributed by atoms with Crippen LogP contribution in [0, 0.1) is 0 Å². The van der Waals surface area contributed by atoms with Gasteiger partial charge in [-0.1, -0.05) is 12.1 Å². The van der Waals surface area contributed by atoms with Crippen LogP contribution in [0.15, 0.2) is 42.7 Å². The number of amides is 1. The molecule has 0 N–H and O–H groups in total. The van der Waals surface area contributed by atoms with Gasteiger partial charge in [-0.25, -0.2) is 0 Å². The van der Waals surface area contributed by atoms with E-state index in [2.05, 4.69) is 5.10 Å². The van der Waals surface area contributed by atoms with Crippen molar-refractivity contribution < 1.29 is 14.3 Å². The van der Waals surface area contributed by atoms with E-state index < -0.39 is 0 Å². The number of nitrogens with zero attached hydrogens (tertiary/aromatic N) is 3. The highest BCUT2D eigenvalue weighted by Crippen LogP contribution is 2.31. The van der Waals surface area contributed by atoms with Crippen LogP contribution in [0.2, 0.25) is 0 Å². The van der Waals surface area contributed by atoms with Crippen molar-refractivity contribution in [3.05, 3.63) is 42.7 Å². The zero-order valence-corrected chi connectivity index (χ0v) is 12.7. The molecule has 1 aromatic heterocycles. The van der Waals surface area contributed by atoms with Gasteiger partial charge >= 0.3 is 0 Å². The molecular formula is C16H19N3O3. The quantitative estimate of drug-likeness (QED) is 0.863. The van der Waals surface area contributed by atoms with E-state index in [-0.39, 0.29) is 18.1 Å². The van der Waals surface area contributed by atoms with Crippen molar-refractivity contribution in [2.24, 2.45) is 0 Å². The molecule has 0 spiro atoms. The Morgan fingerprint density at radius 3 is 2.91 bits per heavy atom. The molecule has 0 saturated carbocycles. The van der Waals surface area contributed by atoms with E-state index >= 15 is 0 Å². The predicted octanol–water partition coefficient (Wildman–Crippen LogP) is 1.74. The van der Waals surface area contributed by atoms with E-state index in [0.29, 0.717) is 13.2 Å². The van der Waals surface area contributed by atoms with Crippen molar-refractivity contribution in [1.82, 2.24) is 14.7 Å². The summed E-state index contributed by atoms with van der Waals surface area (Å²) in [6, 6.07) is 9.02. The summed E-state index contributed by atoms with van der Waals surface area (Å²) >= 11 is 0. The second-order valence-electron chi connectivity index (χ2n) is 5.38. The second kappa shape index (κ2) is 6.09. The summed E-state index contributed by atoms with van der Waals surface area (Å²) in [6.45, 7) is 2.74. The van der Waals surface area contributed by atoms with Crippen LogP contribution in [-0.2, 0) is 4.79 Å². The molecule has 0 bridgehead atoms. The lowest BCUT2D eigenvalue weighted by Gasteiger charge is -2.30. The Bertz CT molecular complexity index is 642. The van der Waals surface area contributed by atoms with Gasteiger partial charge in [0.05, 0.1) is 6.54 Å². The van der Waals surface area contributed by atoms with Crippen molar-refractivity contribution in [3.63, 3.8) is 0 Å². The van der Waals surface area contributed by atoms with Crippen molar-refractivity contribution in [3.8, 4) is 11.5 Å². The second-order valence-corrected chi connectivity index (χ2v) is 5.38. The molecule has 22 heavy (non-hydrogen) atoms. The number of aromatic nitrogens is 2. The maximum atomic E-state index is 12.4. The average Bonchev–Trinajstić information content (AvgIpc) is 3.07. The number of likely N-dealkylation sites (N-methyl/N-ethyl adjacent to an activating group) is 1. The summed E-state index contributed by atoms with van der Waals surface area (Å²) in [4.78, 5) is 14.1. The van der Waals surface area contributed by atoms with Crippen LogP contribution in [0.3, 0.4) is 0 Å². The van der Waals surface area contributed by atoms with Gasteiger partial charge in [0, 0.05) is 19.4 Å². The fourth-order valence-electron chi connectivity index (χ4n) is 2.49. The van der Waals surface area contributed by atoms with Crippen molar-refractivity contribution >= 4 is 5.91 Å². The molecule has 1 aliphatic rings. The van der Waals surface area contributed by atoms with Gasteiger partial charge in [-0.05, 0) is 25.1 Å². The maximum absolute atomic E-state index is 12.4. The van der Waals surface area contributed by atoms with E-state index in [9.17, 15) is 4.79 Å². The molecule has 2 aromatic rings. The molecule has 6 heteroatoms. The van der Waals surface area contributed by atoms with Gasteiger partial charge in [0.1, 0.15) is 12.6 Å². The summed E-state index contributed by atoms with van der Waals surface area (Å²) in [5.41, 5.74) is 0. The van der Waals surface area contributed by atoms with E-state index in [0.717, 1.165) is 11.5 Å². The van der Waals surface area contributed by atoms with Crippen LogP contribution in [0.25, 0.3) is 0 Å². The Hall–Kier alpha value is -2.50. The van der Waals surface area contributed by atoms with Gasteiger partial charge in [0.2, 0.25) is 5.91 Å². The SMILES string of the molecule is C[C@@H](C(=O)N(C)C[C@@H]1COc2ccccc2O1)n1cccn1. The number of para-hydroxylation sites is 2. The van der Waals surface area contributed by atoms with Gasteiger partial charge in [-0.2, -0.15) is 5.10 Å². The monoisotopic (exact) mass is 301 g/mol. The summed E-state index contributed by atoms with van der Waals surface area (Å²) < 4.78 is 13.2. The molecule has 2 heterocycles. The van der Waals surface area contributed by atoms with Crippen LogP contribution in [-0.4, -0.2) is 46.9 Å². The summed E-state index contributed by atoms with van der Waals surface area (Å²) in [5.74, 6) is 1.46. The van der Waals surface area contributed by atoms with Crippen LogP contribution in [0.1, 0.15) is 13.0 Å². The molecular weight excluding hydrogens is 282 g/mol. The lowest BCUT2D eigenvalue weighted by Crippen LogP contribution is -2.43. The fourth-order valence-corrected chi connectivity index (χ4v) is 2.49. The van der Waals surface area contributed by atoms with Crippen LogP contribution in [0.4, 0.5) is 0 Å². The van der Waals surface area contributed by atoms with Gasteiger partial charge in [-0.3, -0.25) is 9.48 Å². The molecule has 0 fully saturated rings. The summed E-state index contributed by atoms with van der Waals surface area (Å²) in [7, 11) is 1.77. The highest BCUT2D eigenvalue weighted by Gasteiger charge is 2.26. The first-order valence-corrected chi connectivity index (χ1v) is 7.27. The minimum Gasteiger partial charge on any atom is -0.486 e. The van der Waals surface area contributed by atoms with Crippen molar-refractivity contribution in [2.75, 3.05) is 20.2 Å². The first-order valence-electron chi connectivity index (χ1n) is 7.27. The molecule has 0 radical (unpaired) electrons. The molecule has 1 aliphatic heterocycles. The van der Waals surface area contributed by atoms with Gasteiger partial charge in [0.25, 0.3) is 0 Å². The Morgan fingerprint density at radius 1 is 1.41 bits per heavy atom. The standard InChI is InChI=1S/C16H19N3O3/c1-12(19-9-5-8-17-19)16(20)18(2)10-13-11-21-14-6-3-4-7-15(14)22-13/h3-9,12-13H,10-11H2,1-2H3/t12-,13+/m0/s1. The molecule has 116 valence electrons. The van der Waals surface area contributed by atoms with Crippen LogP contribution in [0.5, 0.6) is 11.5 Å². The molecule has 0 unspecified atom stereocenters. The van der Waals surface area contributed by atoms with Gasteiger partial charge in [0.15, 0.2) is 17.6 Å². The Labute approximate surface area is 129 Å². The van der Waals surface area contributed by atoms with Crippen LogP contribution < -0.4 is 9.47 Å². The number of fused-ring (bicyclic) bond motifs is 1. The number of ether oxygens (including phenoxy) is 2. The minimum absolute atomic E-state index is 0.00819. The van der Waals surface area contributed by atoms with Crippen LogP contribution >= 0.6 is 0 Å². The Balaban J connectivity index is 1.60. The molecule has 2 atom stereocenters. The zero-order valence-electron chi connectivity index (χ0n) is 12.7. The minimum atomic E-state index is -0.336. The number of carbonyl (C=O) groups is 1. The first-order chi connectivity index (χ1) is 10.6. The van der Waals surface area contributed by atoms with Crippen molar-refractivity contribution in [1.29, 1.82) is 0 Å². The van der Waals surface area contributed by atoms with E-state index in [4.69, 9.17) is 9.47 Å². The third-order valence-electron chi connectivity index (χ3n) is 3.70. The molecule has 0 saturated heterocycles. The first kappa shape index (κ1) is 14.4. The molecule has 1 amide bonds. The largest absolute Gasteiger partial charge is 0.486 e. The highest BCUT2D eigenvalue weighted by molar-refractivity contribution is 5.79. The normalized spacial score (nSPS) is 17.8. The summed E-state index contributed by atoms with van der Waals surface area (Å²) in [6.07, 6.45) is 3.28. The highest BCUT2D eigenvalue weighted by atomic mass is 16.6. The molecule has 1 aromatic carbocycles. The lowest BCUT2D eigenvalue weighted by molar-refractivity contribution is -0.134. The number of carbonyl (C=O) groups excluding carboxylic acids is 1. The maximum Gasteiger partial charge on any atom is 0.247 e. The lowest BCUT2D eigenvalue weighted by atomic mass is 10.2. The third kappa shape index (κ3) is 2.90. The Kier molecular flexibility index (Phi) is 4.00. The smallest absolute Gasteiger partial charge is 0.247 e. The Morgan fingerprint density at radius 2 is 2.18 bits per heavy atom. The molecule has 3 rings (SSSR count).